The molecule has 2 aromatic carbocycles. The van der Waals surface area contributed by atoms with Gasteiger partial charge in [0.2, 0.25) is 15.9 Å². The van der Waals surface area contributed by atoms with Gasteiger partial charge in [0.1, 0.15) is 6.04 Å². The van der Waals surface area contributed by atoms with Crippen molar-refractivity contribution in [2.24, 2.45) is 0 Å². The third-order valence-corrected chi connectivity index (χ3v) is 9.81. The van der Waals surface area contributed by atoms with Crippen molar-refractivity contribution in [2.45, 2.75) is 44.2 Å². The van der Waals surface area contributed by atoms with Gasteiger partial charge < -0.3 is 0 Å². The number of fused-ring (bicyclic) bond motifs is 1. The zero-order valence-electron chi connectivity index (χ0n) is 19.9. The third-order valence-electron chi connectivity index (χ3n) is 6.35. The molecule has 186 valence electrons. The molecule has 1 amide bonds. The molecule has 1 saturated heterocycles. The first kappa shape index (κ1) is 24.8. The molecule has 0 saturated carbocycles. The number of thiazole rings is 1. The van der Waals surface area contributed by atoms with Gasteiger partial charge in [-0.1, -0.05) is 52.8 Å². The predicted molar refractivity (Wildman–Crippen MR) is 143 cm³/mol. The van der Waals surface area contributed by atoms with E-state index in [-0.39, 0.29) is 23.9 Å². The van der Waals surface area contributed by atoms with E-state index in [1.807, 2.05) is 44.2 Å². The summed E-state index contributed by atoms with van der Waals surface area (Å²) < 4.78 is 29.2. The van der Waals surface area contributed by atoms with E-state index >= 15 is 0 Å². The third kappa shape index (κ3) is 4.64. The fraction of sp³-hybridized carbons (Fsp3) is 0.269. The van der Waals surface area contributed by atoms with Crippen LogP contribution in [-0.2, 0) is 21.4 Å². The summed E-state index contributed by atoms with van der Waals surface area (Å²) in [5.74, 6) is -0.318. The van der Waals surface area contributed by atoms with Gasteiger partial charge in [0.15, 0.2) is 5.13 Å². The van der Waals surface area contributed by atoms with Crippen molar-refractivity contribution in [3.63, 3.8) is 0 Å². The Hall–Kier alpha value is -2.85. The van der Waals surface area contributed by atoms with Crippen LogP contribution in [0.15, 0.2) is 65.7 Å². The molecule has 5 rings (SSSR count). The van der Waals surface area contributed by atoms with Gasteiger partial charge in [-0.2, -0.15) is 4.31 Å². The number of halogens is 1. The maximum atomic E-state index is 14.1. The van der Waals surface area contributed by atoms with Crippen molar-refractivity contribution in [1.29, 1.82) is 0 Å². The minimum absolute atomic E-state index is 0.172. The number of pyridine rings is 1. The number of hydrogen-bond donors (Lipinski definition) is 0. The number of benzene rings is 2. The molecule has 1 fully saturated rings. The Bertz CT molecular complexity index is 1480. The van der Waals surface area contributed by atoms with Crippen molar-refractivity contribution in [3.05, 3.63) is 82.6 Å². The maximum absolute atomic E-state index is 14.1. The lowest BCUT2D eigenvalue weighted by molar-refractivity contribution is -0.121. The van der Waals surface area contributed by atoms with Crippen molar-refractivity contribution < 1.29 is 13.2 Å². The molecule has 1 aliphatic heterocycles. The Balaban J connectivity index is 1.55. The summed E-state index contributed by atoms with van der Waals surface area (Å²) in [6.45, 7) is 4.31. The van der Waals surface area contributed by atoms with Crippen molar-refractivity contribution in [3.8, 4) is 0 Å². The molecule has 7 nitrogen and oxygen atoms in total. The number of aromatic nitrogens is 2. The average molecular weight is 541 g/mol. The molecule has 4 aromatic rings. The Kier molecular flexibility index (Phi) is 6.82. The Labute approximate surface area is 219 Å². The van der Waals surface area contributed by atoms with Gasteiger partial charge in [-0.05, 0) is 62.6 Å². The van der Waals surface area contributed by atoms with E-state index in [4.69, 9.17) is 16.6 Å². The summed E-state index contributed by atoms with van der Waals surface area (Å²) in [5, 5.41) is 1.03. The van der Waals surface area contributed by atoms with Gasteiger partial charge in [-0.3, -0.25) is 14.7 Å². The molecular formula is C26H25ClN4O3S2. The number of aryl methyl sites for hydroxylation is 2. The molecule has 1 aliphatic rings. The van der Waals surface area contributed by atoms with Crippen LogP contribution in [0.4, 0.5) is 5.13 Å². The van der Waals surface area contributed by atoms with Crippen LogP contribution in [-0.4, -0.2) is 41.2 Å². The second kappa shape index (κ2) is 9.89. The Morgan fingerprint density at radius 3 is 2.61 bits per heavy atom. The molecule has 1 unspecified atom stereocenters. The second-order valence-electron chi connectivity index (χ2n) is 8.87. The molecule has 3 heterocycles. The monoisotopic (exact) mass is 540 g/mol. The summed E-state index contributed by atoms with van der Waals surface area (Å²) in [5.41, 5.74) is 3.33. The first-order chi connectivity index (χ1) is 17.3. The number of rotatable bonds is 6. The average Bonchev–Trinajstić information content (AvgIpc) is 3.54. The number of carbonyl (C=O) groups excluding carboxylic acids is 1. The summed E-state index contributed by atoms with van der Waals surface area (Å²) in [6, 6.07) is 15.1. The minimum atomic E-state index is -3.84. The number of nitrogens with zero attached hydrogens (tertiary/aromatic N) is 4. The molecule has 1 atom stereocenters. The van der Waals surface area contributed by atoms with Crippen LogP contribution in [0.3, 0.4) is 0 Å². The van der Waals surface area contributed by atoms with Gasteiger partial charge >= 0.3 is 0 Å². The lowest BCUT2D eigenvalue weighted by Crippen LogP contribution is -2.47. The van der Waals surface area contributed by atoms with E-state index in [0.717, 1.165) is 21.3 Å². The Morgan fingerprint density at radius 2 is 1.92 bits per heavy atom. The van der Waals surface area contributed by atoms with E-state index in [1.165, 1.54) is 15.6 Å². The highest BCUT2D eigenvalue weighted by atomic mass is 35.5. The summed E-state index contributed by atoms with van der Waals surface area (Å²) in [7, 11) is -3.84. The number of anilines is 1. The van der Waals surface area contributed by atoms with Crippen LogP contribution in [0.25, 0.3) is 10.2 Å². The lowest BCUT2D eigenvalue weighted by atomic mass is 10.2. The SMILES string of the molecule is Cc1ccc(S(=O)(=O)N2CCCC2C(=O)N(Cc2ccccn2)c2nc3c(C)ccc(Cl)c3s2)cc1. The molecule has 10 heteroatoms. The van der Waals surface area contributed by atoms with Crippen LogP contribution >= 0.6 is 22.9 Å². The molecule has 0 bridgehead atoms. The van der Waals surface area contributed by atoms with Crippen LogP contribution in [0.1, 0.15) is 29.7 Å². The first-order valence-electron chi connectivity index (χ1n) is 11.6. The van der Waals surface area contributed by atoms with Crippen LogP contribution in [0, 0.1) is 13.8 Å². The quantitative estimate of drug-likeness (QED) is 0.329. The van der Waals surface area contributed by atoms with Gasteiger partial charge in [-0.25, -0.2) is 13.4 Å². The molecule has 0 spiro atoms. The molecule has 2 aromatic heterocycles. The number of sulfonamides is 1. The second-order valence-corrected chi connectivity index (χ2v) is 12.1. The predicted octanol–water partition coefficient (Wildman–Crippen LogP) is 5.35. The molecule has 0 radical (unpaired) electrons. The van der Waals surface area contributed by atoms with Crippen LogP contribution in [0.5, 0.6) is 0 Å². The standard InChI is InChI=1S/C26H25ClN4O3S2/c1-17-8-11-20(12-9-17)36(33,34)31-15-5-7-22(31)25(32)30(16-19-6-3-4-14-28-19)26-29-23-18(2)10-13-21(27)24(23)35-26/h3-4,6,8-14,22H,5,7,15-16H2,1-2H3. The van der Waals surface area contributed by atoms with E-state index in [9.17, 15) is 13.2 Å². The highest BCUT2D eigenvalue weighted by Crippen LogP contribution is 2.37. The fourth-order valence-corrected chi connectivity index (χ4v) is 7.37. The van der Waals surface area contributed by atoms with Gasteiger partial charge in [0.25, 0.3) is 0 Å². The number of hydrogen-bond acceptors (Lipinski definition) is 6. The summed E-state index contributed by atoms with van der Waals surface area (Å²) in [6.07, 6.45) is 2.71. The zero-order chi connectivity index (χ0) is 25.4. The van der Waals surface area contributed by atoms with E-state index < -0.39 is 16.1 Å². The summed E-state index contributed by atoms with van der Waals surface area (Å²) in [4.78, 5) is 25.0. The highest BCUT2D eigenvalue weighted by molar-refractivity contribution is 7.89. The van der Waals surface area contributed by atoms with Crippen LogP contribution < -0.4 is 4.90 Å². The lowest BCUT2D eigenvalue weighted by Gasteiger charge is -2.28. The van der Waals surface area contributed by atoms with E-state index in [0.29, 0.717) is 28.7 Å². The van der Waals surface area contributed by atoms with Gasteiger partial charge in [-0.15, -0.1) is 0 Å². The summed E-state index contributed by atoms with van der Waals surface area (Å²) >= 11 is 7.77. The van der Waals surface area contributed by atoms with E-state index in [2.05, 4.69) is 4.98 Å². The van der Waals surface area contributed by atoms with Gasteiger partial charge in [0, 0.05) is 12.7 Å². The van der Waals surface area contributed by atoms with Crippen molar-refractivity contribution in [1.82, 2.24) is 14.3 Å². The van der Waals surface area contributed by atoms with Gasteiger partial charge in [0.05, 0.1) is 32.4 Å². The molecular weight excluding hydrogens is 516 g/mol. The number of amides is 1. The maximum Gasteiger partial charge on any atom is 0.247 e. The fourth-order valence-electron chi connectivity index (χ4n) is 4.40. The minimum Gasteiger partial charge on any atom is -0.281 e. The zero-order valence-corrected chi connectivity index (χ0v) is 22.3. The van der Waals surface area contributed by atoms with Crippen LogP contribution in [0.2, 0.25) is 5.02 Å². The highest BCUT2D eigenvalue weighted by Gasteiger charge is 2.42. The molecule has 0 aliphatic carbocycles. The molecule has 36 heavy (non-hydrogen) atoms. The Morgan fingerprint density at radius 1 is 1.14 bits per heavy atom. The topological polar surface area (TPSA) is 83.5 Å². The molecule has 0 N–H and O–H groups in total. The van der Waals surface area contributed by atoms with Crippen molar-refractivity contribution in [2.75, 3.05) is 11.4 Å². The van der Waals surface area contributed by atoms with Crippen molar-refractivity contribution >= 4 is 54.2 Å². The normalized spacial score (nSPS) is 16.5. The first-order valence-corrected chi connectivity index (χ1v) is 14.2. The van der Waals surface area contributed by atoms with E-state index in [1.54, 1.807) is 35.4 Å². The smallest absolute Gasteiger partial charge is 0.247 e. The largest absolute Gasteiger partial charge is 0.281 e. The number of carbonyl (C=O) groups is 1.